The Labute approximate surface area is 186 Å². The molecule has 0 radical (unpaired) electrons. The summed E-state index contributed by atoms with van der Waals surface area (Å²) in [7, 11) is 1.63. The molecule has 1 aliphatic heterocycles. The van der Waals surface area contributed by atoms with Gasteiger partial charge in [-0.05, 0) is 32.3 Å². The molecule has 1 saturated heterocycles. The van der Waals surface area contributed by atoms with Gasteiger partial charge in [0.25, 0.3) is 0 Å². The zero-order valence-corrected chi connectivity index (χ0v) is 18.9. The predicted molar refractivity (Wildman–Crippen MR) is 122 cm³/mol. The molecule has 0 bridgehead atoms. The number of amides is 1. The molecule has 1 heterocycles. The summed E-state index contributed by atoms with van der Waals surface area (Å²) < 4.78 is 11.1. The first-order valence-corrected chi connectivity index (χ1v) is 11.5. The van der Waals surface area contributed by atoms with Crippen molar-refractivity contribution in [2.75, 3.05) is 59.5 Å². The summed E-state index contributed by atoms with van der Waals surface area (Å²) >= 11 is 0. The number of aliphatic imine (C=N–C) groups is 1. The van der Waals surface area contributed by atoms with E-state index in [4.69, 9.17) is 14.5 Å². The van der Waals surface area contributed by atoms with Gasteiger partial charge in [0.2, 0.25) is 5.91 Å². The van der Waals surface area contributed by atoms with Crippen molar-refractivity contribution in [1.29, 1.82) is 0 Å². The summed E-state index contributed by atoms with van der Waals surface area (Å²) in [6, 6.07) is 8.21. The molecule has 8 heteroatoms. The van der Waals surface area contributed by atoms with E-state index in [2.05, 4.69) is 33.4 Å². The molecule has 0 aromatic heterocycles. The van der Waals surface area contributed by atoms with Crippen LogP contribution in [0.3, 0.4) is 0 Å². The minimum absolute atomic E-state index is 0.0501. The summed E-state index contributed by atoms with van der Waals surface area (Å²) in [4.78, 5) is 21.4. The average molecular weight is 432 g/mol. The van der Waals surface area contributed by atoms with Crippen molar-refractivity contribution in [2.45, 2.75) is 38.8 Å². The van der Waals surface area contributed by atoms with Crippen molar-refractivity contribution < 1.29 is 14.3 Å². The number of benzene rings is 1. The van der Waals surface area contributed by atoms with Crippen LogP contribution in [0.2, 0.25) is 0 Å². The summed E-state index contributed by atoms with van der Waals surface area (Å²) in [5, 5.41) is 6.30. The monoisotopic (exact) mass is 431 g/mol. The van der Waals surface area contributed by atoms with E-state index in [1.807, 2.05) is 18.2 Å². The van der Waals surface area contributed by atoms with Gasteiger partial charge in [-0.25, -0.2) is 4.99 Å². The van der Waals surface area contributed by atoms with Crippen LogP contribution >= 0.6 is 0 Å². The van der Waals surface area contributed by atoms with Crippen LogP contribution in [0, 0.1) is 0 Å². The lowest BCUT2D eigenvalue weighted by atomic mass is 9.96. The van der Waals surface area contributed by atoms with Gasteiger partial charge >= 0.3 is 0 Å². The molecule has 1 saturated carbocycles. The number of ether oxygens (including phenoxy) is 2. The van der Waals surface area contributed by atoms with E-state index in [9.17, 15) is 4.79 Å². The van der Waals surface area contributed by atoms with Crippen molar-refractivity contribution >= 4 is 11.9 Å². The van der Waals surface area contributed by atoms with Gasteiger partial charge in [-0.2, -0.15) is 0 Å². The second kappa shape index (κ2) is 12.5. The third-order valence-electron chi connectivity index (χ3n) is 5.72. The van der Waals surface area contributed by atoms with Crippen LogP contribution in [0.25, 0.3) is 0 Å². The van der Waals surface area contributed by atoms with Crippen LogP contribution in [0.15, 0.2) is 29.3 Å². The van der Waals surface area contributed by atoms with Gasteiger partial charge in [0.05, 0.1) is 25.8 Å². The van der Waals surface area contributed by atoms with Crippen LogP contribution < -0.4 is 15.4 Å². The fraction of sp³-hybridized carbons (Fsp3) is 0.652. The minimum Gasteiger partial charge on any atom is -0.490 e. The van der Waals surface area contributed by atoms with Crippen molar-refractivity contribution in [2.24, 2.45) is 4.99 Å². The van der Waals surface area contributed by atoms with Crippen molar-refractivity contribution in [3.05, 3.63) is 29.8 Å². The second-order valence-electron chi connectivity index (χ2n) is 8.05. The lowest BCUT2D eigenvalue weighted by Gasteiger charge is -2.36. The first-order chi connectivity index (χ1) is 15.2. The molecule has 2 aliphatic rings. The number of carbonyl (C=O) groups excluding carboxylic acids is 1. The van der Waals surface area contributed by atoms with Crippen molar-refractivity contribution in [3.63, 3.8) is 0 Å². The van der Waals surface area contributed by atoms with E-state index < -0.39 is 0 Å². The lowest BCUT2D eigenvalue weighted by molar-refractivity contribution is -0.122. The molecule has 2 N–H and O–H groups in total. The SMILES string of the molecule is CCNC(=NCc1ccccc1OC1CCC1)N1CCN(CC(=O)NCCOC)CC1. The highest BCUT2D eigenvalue weighted by Crippen LogP contribution is 2.28. The zero-order valence-electron chi connectivity index (χ0n) is 18.9. The molecule has 3 rings (SSSR count). The summed E-state index contributed by atoms with van der Waals surface area (Å²) in [5.41, 5.74) is 1.12. The van der Waals surface area contributed by atoms with Gasteiger partial charge in [-0.1, -0.05) is 18.2 Å². The van der Waals surface area contributed by atoms with Gasteiger partial charge in [0, 0.05) is 51.9 Å². The number of hydrogen-bond acceptors (Lipinski definition) is 5. The normalized spacial score (nSPS) is 17.9. The number of nitrogens with zero attached hydrogens (tertiary/aromatic N) is 3. The zero-order chi connectivity index (χ0) is 21.9. The first kappa shape index (κ1) is 23.3. The fourth-order valence-electron chi connectivity index (χ4n) is 3.67. The van der Waals surface area contributed by atoms with Crippen LogP contribution in [0.5, 0.6) is 5.75 Å². The second-order valence-corrected chi connectivity index (χ2v) is 8.05. The highest BCUT2D eigenvalue weighted by Gasteiger charge is 2.22. The van der Waals surface area contributed by atoms with Gasteiger partial charge in [-0.3, -0.25) is 9.69 Å². The Hall–Kier alpha value is -2.32. The third-order valence-corrected chi connectivity index (χ3v) is 5.72. The molecular formula is C23H37N5O3. The van der Waals surface area contributed by atoms with E-state index in [1.54, 1.807) is 7.11 Å². The summed E-state index contributed by atoms with van der Waals surface area (Å²) in [6.07, 6.45) is 3.92. The van der Waals surface area contributed by atoms with Gasteiger partial charge in [0.1, 0.15) is 5.75 Å². The van der Waals surface area contributed by atoms with E-state index in [0.29, 0.717) is 32.3 Å². The van der Waals surface area contributed by atoms with Gasteiger partial charge < -0.3 is 25.0 Å². The largest absolute Gasteiger partial charge is 0.490 e. The Bertz CT molecular complexity index is 715. The number of para-hydroxylation sites is 1. The van der Waals surface area contributed by atoms with Gasteiger partial charge in [0.15, 0.2) is 5.96 Å². The number of rotatable bonds is 10. The number of carbonyl (C=O) groups is 1. The molecule has 31 heavy (non-hydrogen) atoms. The van der Waals surface area contributed by atoms with E-state index in [-0.39, 0.29) is 5.91 Å². The maximum absolute atomic E-state index is 12.0. The highest BCUT2D eigenvalue weighted by molar-refractivity contribution is 5.80. The number of methoxy groups -OCH3 is 1. The molecule has 8 nitrogen and oxygen atoms in total. The first-order valence-electron chi connectivity index (χ1n) is 11.5. The Morgan fingerprint density at radius 2 is 1.94 bits per heavy atom. The Morgan fingerprint density at radius 1 is 1.16 bits per heavy atom. The molecular weight excluding hydrogens is 394 g/mol. The summed E-state index contributed by atoms with van der Waals surface area (Å²) in [6.45, 7) is 8.38. The molecule has 1 aromatic carbocycles. The Morgan fingerprint density at radius 3 is 2.61 bits per heavy atom. The van der Waals surface area contributed by atoms with Crippen LogP contribution in [0.1, 0.15) is 31.7 Å². The van der Waals surface area contributed by atoms with Crippen LogP contribution in [-0.4, -0.2) is 87.3 Å². The molecule has 172 valence electrons. The molecule has 1 aromatic rings. The van der Waals surface area contributed by atoms with E-state index in [1.165, 1.54) is 6.42 Å². The molecule has 0 atom stereocenters. The molecule has 1 amide bonds. The molecule has 2 fully saturated rings. The predicted octanol–water partition coefficient (Wildman–Crippen LogP) is 1.46. The average Bonchev–Trinajstić information content (AvgIpc) is 2.75. The lowest BCUT2D eigenvalue weighted by Crippen LogP contribution is -2.54. The molecule has 1 aliphatic carbocycles. The number of nitrogens with one attached hydrogen (secondary N) is 2. The number of hydrogen-bond donors (Lipinski definition) is 2. The third kappa shape index (κ3) is 7.40. The summed E-state index contributed by atoms with van der Waals surface area (Å²) in [5.74, 6) is 1.93. The van der Waals surface area contributed by atoms with Crippen molar-refractivity contribution in [1.82, 2.24) is 20.4 Å². The number of piperazine rings is 1. The van der Waals surface area contributed by atoms with E-state index in [0.717, 1.165) is 62.8 Å². The fourth-order valence-corrected chi connectivity index (χ4v) is 3.67. The van der Waals surface area contributed by atoms with Crippen LogP contribution in [0.4, 0.5) is 0 Å². The molecule has 0 spiro atoms. The quantitative estimate of drug-likeness (QED) is 0.332. The maximum atomic E-state index is 12.0. The van der Waals surface area contributed by atoms with Gasteiger partial charge in [-0.15, -0.1) is 0 Å². The molecule has 0 unspecified atom stereocenters. The maximum Gasteiger partial charge on any atom is 0.234 e. The van der Waals surface area contributed by atoms with E-state index >= 15 is 0 Å². The van der Waals surface area contributed by atoms with Crippen LogP contribution in [-0.2, 0) is 16.1 Å². The topological polar surface area (TPSA) is 78.4 Å². The standard InChI is InChI=1S/C23H37N5O3/c1-3-24-23(26-17-19-7-4-5-10-21(19)31-20-8-6-9-20)28-14-12-27(13-15-28)18-22(29)25-11-16-30-2/h4-5,7,10,20H,3,6,8-9,11-18H2,1-2H3,(H,24,26)(H,25,29). The van der Waals surface area contributed by atoms with Crippen molar-refractivity contribution in [3.8, 4) is 5.75 Å². The Kier molecular flexibility index (Phi) is 9.42. The smallest absolute Gasteiger partial charge is 0.234 e. The minimum atomic E-state index is 0.0501. The highest BCUT2D eigenvalue weighted by atomic mass is 16.5. The number of guanidine groups is 1. The Balaban J connectivity index is 1.52.